The summed E-state index contributed by atoms with van der Waals surface area (Å²) in [7, 11) is -2.60. The Morgan fingerprint density at radius 1 is 1.22 bits per heavy atom. The van der Waals surface area contributed by atoms with Crippen LogP contribution >= 0.6 is 11.3 Å². The van der Waals surface area contributed by atoms with E-state index in [1.807, 2.05) is 31.2 Å². The summed E-state index contributed by atoms with van der Waals surface area (Å²) in [6.07, 6.45) is 4.52. The van der Waals surface area contributed by atoms with Gasteiger partial charge in [0, 0.05) is 10.4 Å². The van der Waals surface area contributed by atoms with E-state index in [0.717, 1.165) is 38.6 Å². The van der Waals surface area contributed by atoms with Crippen LogP contribution in [0.5, 0.6) is 0 Å². The molecule has 4 heteroatoms. The van der Waals surface area contributed by atoms with Crippen molar-refractivity contribution in [2.45, 2.75) is 31.4 Å². The lowest BCUT2D eigenvalue weighted by molar-refractivity contribution is 0.686. The number of nitrogens with one attached hydrogen (secondary N) is 1. The lowest BCUT2D eigenvalue weighted by atomic mass is 9.96. The van der Waals surface area contributed by atoms with Crippen molar-refractivity contribution in [2.24, 2.45) is 0 Å². The molecule has 0 spiro atoms. The van der Waals surface area contributed by atoms with Gasteiger partial charge in [-0.05, 0) is 61.0 Å². The maximum absolute atomic E-state index is 13.1. The first-order valence-corrected chi connectivity index (χ1v) is 10.0. The van der Waals surface area contributed by atoms with E-state index in [9.17, 15) is 4.21 Å². The predicted molar refractivity (Wildman–Crippen MR) is 107 cm³/mol. The predicted octanol–water partition coefficient (Wildman–Crippen LogP) is 5.32. The average Bonchev–Trinajstić information content (AvgIpc) is 3.00. The van der Waals surface area contributed by atoms with Crippen LogP contribution in [0.25, 0.3) is 12.2 Å². The second-order valence-electron chi connectivity index (χ2n) is 5.45. The molecule has 0 fully saturated rings. The lowest BCUT2D eigenvalue weighted by Gasteiger charge is -2.18. The van der Waals surface area contributed by atoms with Gasteiger partial charge in [-0.1, -0.05) is 32.2 Å². The maximum atomic E-state index is 13.1. The molecule has 2 nitrogen and oxygen atoms in total. The van der Waals surface area contributed by atoms with Gasteiger partial charge in [-0.15, -0.1) is 11.3 Å². The molecule has 1 N–H and O–H groups in total. The van der Waals surface area contributed by atoms with E-state index in [1.165, 1.54) is 4.88 Å². The Kier molecular flexibility index (Phi) is 5.17. The summed E-state index contributed by atoms with van der Waals surface area (Å²) < 4.78 is 17.0. The van der Waals surface area contributed by atoms with E-state index >= 15 is 0 Å². The van der Waals surface area contributed by atoms with Gasteiger partial charge in [0.05, 0.1) is 15.4 Å². The molecule has 0 saturated heterocycles. The zero-order chi connectivity index (χ0) is 17.2. The summed E-state index contributed by atoms with van der Waals surface area (Å²) >= 11 is 1.54. The zero-order valence-electron chi connectivity index (χ0n) is 13.9. The minimum Gasteiger partial charge on any atom is -0.308 e. The molecule has 0 radical (unpaired) electrons. The molecule has 0 saturated carbocycles. The highest BCUT2D eigenvalue weighted by molar-refractivity contribution is 8.03. The smallest absolute Gasteiger partial charge is 0.102 e. The van der Waals surface area contributed by atoms with Crippen LogP contribution in [-0.4, -0.2) is 10.1 Å². The van der Waals surface area contributed by atoms with Crippen molar-refractivity contribution in [2.75, 3.05) is 4.72 Å². The van der Waals surface area contributed by atoms with Gasteiger partial charge in [0.15, 0.2) is 0 Å². The topological polar surface area (TPSA) is 29.1 Å². The van der Waals surface area contributed by atoms with Crippen LogP contribution in [0.2, 0.25) is 0 Å². The normalized spacial score (nSPS) is 13.3. The van der Waals surface area contributed by atoms with Gasteiger partial charge in [0.2, 0.25) is 0 Å². The third-order valence-corrected chi connectivity index (χ3v) is 7.35. The summed E-state index contributed by atoms with van der Waals surface area (Å²) in [6.45, 7) is 14.0. The summed E-state index contributed by atoms with van der Waals surface area (Å²) in [6, 6.07) is 5.91. The van der Waals surface area contributed by atoms with Crippen LogP contribution in [0.15, 0.2) is 35.6 Å². The molecule has 0 amide bonds. The minimum absolute atomic E-state index is 0.766. The van der Waals surface area contributed by atoms with Gasteiger partial charge in [-0.25, -0.2) is 4.21 Å². The highest BCUT2D eigenvalue weighted by Gasteiger charge is 2.15. The molecular weight excluding hydrogens is 322 g/mol. The van der Waals surface area contributed by atoms with Crippen LogP contribution in [0.4, 0.5) is 5.69 Å². The Morgan fingerprint density at radius 2 is 1.87 bits per heavy atom. The Bertz CT molecular complexity index is 858. The van der Waals surface area contributed by atoms with Gasteiger partial charge >= 0.3 is 0 Å². The van der Waals surface area contributed by atoms with Crippen molar-refractivity contribution in [1.82, 2.24) is 0 Å². The van der Waals surface area contributed by atoms with Crippen molar-refractivity contribution >= 4 is 44.8 Å². The molecule has 122 valence electrons. The first-order valence-electron chi connectivity index (χ1n) is 7.46. The fourth-order valence-corrected chi connectivity index (χ4v) is 5.05. The van der Waals surface area contributed by atoms with Gasteiger partial charge in [-0.3, -0.25) is 0 Å². The second-order valence-corrected chi connectivity index (χ2v) is 8.87. The molecule has 1 atom stereocenters. The van der Waals surface area contributed by atoms with E-state index in [4.69, 9.17) is 0 Å². The molecule has 1 aromatic heterocycles. The van der Waals surface area contributed by atoms with Crippen LogP contribution in [0.3, 0.4) is 0 Å². The third-order valence-electron chi connectivity index (χ3n) is 3.93. The quantitative estimate of drug-likeness (QED) is 0.706. The standard InChI is InChI=1S/C19H23NOS2/c1-7-15-10-11-19(22-15)23(6,21)20-18-12-13(4)14(5)16(8-2)17(18)9-3/h8-12H,2-3,6-7H2,1,4-5H3,(H,20,21). The number of hydrogen-bond donors (Lipinski definition) is 1. The van der Waals surface area contributed by atoms with Crippen molar-refractivity contribution in [3.8, 4) is 0 Å². The molecule has 0 aliphatic carbocycles. The number of hydrogen-bond acceptors (Lipinski definition) is 2. The minimum atomic E-state index is -2.60. The highest BCUT2D eigenvalue weighted by Crippen LogP contribution is 2.31. The van der Waals surface area contributed by atoms with Crippen LogP contribution < -0.4 is 4.72 Å². The number of benzene rings is 1. The third kappa shape index (κ3) is 3.43. The Hall–Kier alpha value is -1.78. The first-order chi connectivity index (χ1) is 10.8. The highest BCUT2D eigenvalue weighted by atomic mass is 32.2. The fourth-order valence-electron chi connectivity index (χ4n) is 2.48. The lowest BCUT2D eigenvalue weighted by Crippen LogP contribution is -2.13. The van der Waals surface area contributed by atoms with Crippen LogP contribution in [0, 0.1) is 13.8 Å². The maximum Gasteiger partial charge on any atom is 0.102 e. The number of anilines is 1. The summed E-state index contributed by atoms with van der Waals surface area (Å²) in [5, 5.41) is 0. The van der Waals surface area contributed by atoms with Gasteiger partial charge < -0.3 is 4.72 Å². The monoisotopic (exact) mass is 345 g/mol. The molecule has 23 heavy (non-hydrogen) atoms. The molecule has 0 aliphatic rings. The summed E-state index contributed by atoms with van der Waals surface area (Å²) in [5.74, 6) is 3.93. The summed E-state index contributed by atoms with van der Waals surface area (Å²) in [5.41, 5.74) is 4.97. The average molecular weight is 346 g/mol. The SMILES string of the molecule is C=Cc1c(NS(=C)(=O)c2ccc(CC)s2)cc(C)c(C)c1C=C. The molecule has 1 heterocycles. The van der Waals surface area contributed by atoms with Gasteiger partial charge in [-0.2, -0.15) is 0 Å². The van der Waals surface area contributed by atoms with Crippen LogP contribution in [-0.2, 0) is 16.1 Å². The molecule has 2 rings (SSSR count). The fraction of sp³-hybridized carbons (Fsp3) is 0.211. The van der Waals surface area contributed by atoms with E-state index in [1.54, 1.807) is 17.4 Å². The van der Waals surface area contributed by atoms with Crippen LogP contribution in [0.1, 0.15) is 34.1 Å². The molecule has 1 aromatic carbocycles. The van der Waals surface area contributed by atoms with E-state index in [0.29, 0.717) is 0 Å². The molecule has 0 aliphatic heterocycles. The van der Waals surface area contributed by atoms with Crippen molar-refractivity contribution in [1.29, 1.82) is 0 Å². The number of aryl methyl sites for hydroxylation is 2. The van der Waals surface area contributed by atoms with Crippen molar-refractivity contribution in [3.63, 3.8) is 0 Å². The molecule has 0 bridgehead atoms. The zero-order valence-corrected chi connectivity index (χ0v) is 15.6. The van der Waals surface area contributed by atoms with Gasteiger partial charge in [0.25, 0.3) is 0 Å². The van der Waals surface area contributed by atoms with E-state index in [2.05, 4.69) is 37.6 Å². The van der Waals surface area contributed by atoms with E-state index < -0.39 is 9.71 Å². The Labute approximate surface area is 143 Å². The first kappa shape index (κ1) is 17.6. The largest absolute Gasteiger partial charge is 0.308 e. The molecular formula is C19H23NOS2. The Balaban J connectivity index is 2.53. The second kappa shape index (κ2) is 6.77. The molecule has 1 unspecified atom stereocenters. The number of rotatable bonds is 6. The van der Waals surface area contributed by atoms with Gasteiger partial charge in [0.1, 0.15) is 4.21 Å². The molecule has 2 aromatic rings. The van der Waals surface area contributed by atoms with Crippen molar-refractivity contribution < 1.29 is 4.21 Å². The van der Waals surface area contributed by atoms with Crippen molar-refractivity contribution in [3.05, 3.63) is 58.5 Å². The summed E-state index contributed by atoms with van der Waals surface area (Å²) in [4.78, 5) is 1.20. The number of thiophene rings is 1. The van der Waals surface area contributed by atoms with E-state index in [-0.39, 0.29) is 0 Å². The Morgan fingerprint density at radius 3 is 2.39 bits per heavy atom.